The molecule has 0 saturated heterocycles. The predicted octanol–water partition coefficient (Wildman–Crippen LogP) is -1.50. The molecule has 0 aliphatic carbocycles. The van der Waals surface area contributed by atoms with E-state index in [0.29, 0.717) is 0 Å². The van der Waals surface area contributed by atoms with Gasteiger partial charge in [-0.05, 0) is 18.2 Å². The molecule has 0 aromatic heterocycles. The van der Waals surface area contributed by atoms with Crippen LogP contribution in [0, 0.1) is 0 Å². The van der Waals surface area contributed by atoms with Gasteiger partial charge in [-0.25, -0.2) is 0 Å². The third-order valence-corrected chi connectivity index (χ3v) is 2.59. The van der Waals surface area contributed by atoms with Gasteiger partial charge >= 0.3 is 0 Å². The first-order chi connectivity index (χ1) is 9.97. The summed E-state index contributed by atoms with van der Waals surface area (Å²) in [6, 6.07) is 4.15. The highest BCUT2D eigenvalue weighted by atomic mass is 35.5. The predicted molar refractivity (Wildman–Crippen MR) is 82.9 cm³/mol. The maximum absolute atomic E-state index is 11.9. The van der Waals surface area contributed by atoms with Crippen LogP contribution in [0.2, 0.25) is 0 Å². The minimum Gasteiger partial charge on any atom is -0.399 e. The number of hydrogen-bond donors (Lipinski definition) is 6. The Morgan fingerprint density at radius 2 is 1.64 bits per heavy atom. The summed E-state index contributed by atoms with van der Waals surface area (Å²) in [4.78, 5) is 23.6. The molecule has 0 fully saturated rings. The number of aliphatic hydroxyl groups is 3. The topological polar surface area (TPSA) is 145 Å². The number of carbonyl (C=O) groups excluding carboxylic acids is 2. The number of halogens is 1. The van der Waals surface area contributed by atoms with E-state index < -0.39 is 24.5 Å². The lowest BCUT2D eigenvalue weighted by molar-refractivity contribution is 0.0802. The Morgan fingerprint density at radius 1 is 1.09 bits per heavy atom. The van der Waals surface area contributed by atoms with Crippen LogP contribution in [-0.4, -0.2) is 59.5 Å². The second kappa shape index (κ2) is 9.96. The van der Waals surface area contributed by atoms with Crippen molar-refractivity contribution in [3.63, 3.8) is 0 Å². The Labute approximate surface area is 133 Å². The molecule has 124 valence electrons. The van der Waals surface area contributed by atoms with E-state index in [1.165, 1.54) is 18.2 Å². The van der Waals surface area contributed by atoms with Crippen molar-refractivity contribution in [2.24, 2.45) is 0 Å². The van der Waals surface area contributed by atoms with Crippen LogP contribution in [0.5, 0.6) is 0 Å². The molecule has 0 radical (unpaired) electrons. The van der Waals surface area contributed by atoms with Crippen molar-refractivity contribution in [3.8, 4) is 0 Å². The van der Waals surface area contributed by atoms with Crippen LogP contribution in [0.15, 0.2) is 18.2 Å². The van der Waals surface area contributed by atoms with E-state index in [-0.39, 0.29) is 48.9 Å². The molecule has 9 heteroatoms. The van der Waals surface area contributed by atoms with Gasteiger partial charge in [0.1, 0.15) is 0 Å². The first-order valence-electron chi connectivity index (χ1n) is 6.34. The fourth-order valence-electron chi connectivity index (χ4n) is 1.56. The van der Waals surface area contributed by atoms with Crippen molar-refractivity contribution < 1.29 is 24.9 Å². The Hall–Kier alpha value is -1.87. The standard InChI is InChI=1S/C13H19N3O5.ClH/c14-10-4-8(12(20)15-1-2-17)3-9(5-10)13(21)16-6-11(19)7-18;/h3-5,11,17-19H,1-2,6-7,14H2,(H,15,20)(H,16,21);1H. The molecule has 0 heterocycles. The zero-order chi connectivity index (χ0) is 15.8. The summed E-state index contributed by atoms with van der Waals surface area (Å²) < 4.78 is 0. The summed E-state index contributed by atoms with van der Waals surface area (Å²) in [5.74, 6) is -0.980. The van der Waals surface area contributed by atoms with Gasteiger partial charge < -0.3 is 31.7 Å². The molecule has 2 amide bonds. The highest BCUT2D eigenvalue weighted by Crippen LogP contribution is 2.12. The second-order valence-electron chi connectivity index (χ2n) is 4.37. The number of nitrogen functional groups attached to an aromatic ring is 1. The summed E-state index contributed by atoms with van der Waals surface area (Å²) in [7, 11) is 0. The molecule has 8 nitrogen and oxygen atoms in total. The Morgan fingerprint density at radius 3 is 2.14 bits per heavy atom. The van der Waals surface area contributed by atoms with E-state index in [2.05, 4.69) is 10.6 Å². The molecule has 1 aromatic rings. The molecular formula is C13H20ClN3O5. The molecule has 0 saturated carbocycles. The quantitative estimate of drug-likeness (QED) is 0.335. The number of benzene rings is 1. The van der Waals surface area contributed by atoms with Gasteiger partial charge in [-0.1, -0.05) is 0 Å². The minimum absolute atomic E-state index is 0. The van der Waals surface area contributed by atoms with E-state index >= 15 is 0 Å². The van der Waals surface area contributed by atoms with Gasteiger partial charge in [0.15, 0.2) is 0 Å². The number of amides is 2. The van der Waals surface area contributed by atoms with Crippen LogP contribution < -0.4 is 16.4 Å². The average Bonchev–Trinajstić information content (AvgIpc) is 2.48. The Kier molecular flexibility index (Phi) is 9.11. The van der Waals surface area contributed by atoms with Crippen molar-refractivity contribution in [3.05, 3.63) is 29.3 Å². The van der Waals surface area contributed by atoms with Crippen molar-refractivity contribution in [2.75, 3.05) is 32.0 Å². The zero-order valence-corrected chi connectivity index (χ0v) is 12.6. The van der Waals surface area contributed by atoms with Crippen LogP contribution >= 0.6 is 12.4 Å². The van der Waals surface area contributed by atoms with Crippen molar-refractivity contribution in [1.29, 1.82) is 0 Å². The van der Waals surface area contributed by atoms with E-state index in [1.807, 2.05) is 0 Å². The maximum Gasteiger partial charge on any atom is 0.251 e. The van der Waals surface area contributed by atoms with Gasteiger partial charge in [-0.2, -0.15) is 0 Å². The first kappa shape index (κ1) is 20.1. The number of nitrogens with one attached hydrogen (secondary N) is 2. The molecular weight excluding hydrogens is 314 g/mol. The van der Waals surface area contributed by atoms with Crippen LogP contribution in [0.25, 0.3) is 0 Å². The number of anilines is 1. The van der Waals surface area contributed by atoms with E-state index in [4.69, 9.17) is 15.9 Å². The van der Waals surface area contributed by atoms with E-state index in [9.17, 15) is 14.7 Å². The fourth-order valence-corrected chi connectivity index (χ4v) is 1.56. The molecule has 0 bridgehead atoms. The van der Waals surface area contributed by atoms with Crippen molar-refractivity contribution in [2.45, 2.75) is 6.10 Å². The molecule has 1 atom stereocenters. The van der Waals surface area contributed by atoms with Crippen molar-refractivity contribution >= 4 is 29.9 Å². The van der Waals surface area contributed by atoms with E-state index in [1.54, 1.807) is 0 Å². The monoisotopic (exact) mass is 333 g/mol. The van der Waals surface area contributed by atoms with Crippen LogP contribution in [0.4, 0.5) is 5.69 Å². The summed E-state index contributed by atoms with van der Waals surface area (Å²) in [5, 5.41) is 31.4. The van der Waals surface area contributed by atoms with Gasteiger partial charge in [0.25, 0.3) is 11.8 Å². The maximum atomic E-state index is 11.9. The second-order valence-corrected chi connectivity index (χ2v) is 4.37. The highest BCUT2D eigenvalue weighted by molar-refractivity contribution is 6.00. The van der Waals surface area contributed by atoms with Crippen molar-refractivity contribution in [1.82, 2.24) is 10.6 Å². The Bertz CT molecular complexity index is 512. The number of aliphatic hydroxyl groups excluding tert-OH is 3. The SMILES string of the molecule is Cl.Nc1cc(C(=O)NCCO)cc(C(=O)NCC(O)CO)c1. The summed E-state index contributed by atoms with van der Waals surface area (Å²) in [5.41, 5.74) is 6.24. The van der Waals surface area contributed by atoms with Crippen LogP contribution in [-0.2, 0) is 0 Å². The minimum atomic E-state index is -1.05. The van der Waals surface area contributed by atoms with E-state index in [0.717, 1.165) is 0 Å². The number of hydrogen-bond acceptors (Lipinski definition) is 6. The Balaban J connectivity index is 0.00000441. The lowest BCUT2D eigenvalue weighted by Gasteiger charge is -2.11. The molecule has 0 aliphatic heterocycles. The number of carbonyl (C=O) groups is 2. The van der Waals surface area contributed by atoms with Gasteiger partial charge in [0.2, 0.25) is 0 Å². The van der Waals surface area contributed by atoms with Gasteiger partial charge in [0, 0.05) is 29.9 Å². The first-order valence-corrected chi connectivity index (χ1v) is 6.34. The lowest BCUT2D eigenvalue weighted by Crippen LogP contribution is -2.34. The molecule has 1 rings (SSSR count). The molecule has 0 spiro atoms. The normalized spacial score (nSPS) is 11.2. The van der Waals surface area contributed by atoms with Gasteiger partial charge in [0.05, 0.1) is 19.3 Å². The third kappa shape index (κ3) is 6.27. The molecule has 0 aliphatic rings. The highest BCUT2D eigenvalue weighted by Gasteiger charge is 2.13. The van der Waals surface area contributed by atoms with Crippen LogP contribution in [0.3, 0.4) is 0 Å². The molecule has 7 N–H and O–H groups in total. The lowest BCUT2D eigenvalue weighted by atomic mass is 10.1. The summed E-state index contributed by atoms with van der Waals surface area (Å²) in [6.45, 7) is -0.680. The molecule has 1 aromatic carbocycles. The third-order valence-electron chi connectivity index (χ3n) is 2.59. The average molecular weight is 334 g/mol. The smallest absolute Gasteiger partial charge is 0.251 e. The number of nitrogens with two attached hydrogens (primary N) is 1. The zero-order valence-electron chi connectivity index (χ0n) is 11.8. The van der Waals surface area contributed by atoms with Gasteiger partial charge in [-0.3, -0.25) is 9.59 Å². The van der Waals surface area contributed by atoms with Gasteiger partial charge in [-0.15, -0.1) is 12.4 Å². The summed E-state index contributed by atoms with van der Waals surface area (Å²) >= 11 is 0. The van der Waals surface area contributed by atoms with Crippen LogP contribution in [0.1, 0.15) is 20.7 Å². The molecule has 22 heavy (non-hydrogen) atoms. The summed E-state index contributed by atoms with van der Waals surface area (Å²) in [6.07, 6.45) is -1.05. The fraction of sp³-hybridized carbons (Fsp3) is 0.385. The number of rotatable bonds is 7. The molecule has 1 unspecified atom stereocenters. The largest absolute Gasteiger partial charge is 0.399 e.